The lowest BCUT2D eigenvalue weighted by Crippen LogP contribution is -2.56. The molecule has 0 radical (unpaired) electrons. The van der Waals surface area contributed by atoms with Crippen LogP contribution < -0.4 is 4.72 Å². The molecule has 6 rings (SSSR count). The van der Waals surface area contributed by atoms with E-state index < -0.39 is 40.2 Å². The van der Waals surface area contributed by atoms with Gasteiger partial charge in [0.2, 0.25) is 0 Å². The fraction of sp³-hybridized carbons (Fsp3) is 0.444. The Labute approximate surface area is 250 Å². The first-order valence-electron chi connectivity index (χ1n) is 13.5. The van der Waals surface area contributed by atoms with Crippen LogP contribution in [0, 0.1) is 5.82 Å². The first-order chi connectivity index (χ1) is 19.9. The summed E-state index contributed by atoms with van der Waals surface area (Å²) in [7, 11) is -3.86. The monoisotopic (exact) mass is 639 g/mol. The largest absolute Gasteiger partial charge is 0.333 e. The van der Waals surface area contributed by atoms with Crippen LogP contribution in [-0.2, 0) is 10.2 Å². The molecule has 2 fully saturated rings. The first-order valence-corrected chi connectivity index (χ1v) is 16.2. The lowest BCUT2D eigenvalue weighted by Gasteiger charge is -2.41. The molecule has 0 saturated carbocycles. The van der Waals surface area contributed by atoms with E-state index in [0.29, 0.717) is 38.9 Å². The summed E-state index contributed by atoms with van der Waals surface area (Å²) in [5.41, 5.74) is 1.32. The Bertz CT molecular complexity index is 1660. The van der Waals surface area contributed by atoms with Crippen LogP contribution in [-0.4, -0.2) is 62.9 Å². The minimum Gasteiger partial charge on any atom is -0.326 e. The van der Waals surface area contributed by atoms with Crippen molar-refractivity contribution < 1.29 is 21.6 Å². The third kappa shape index (κ3) is 5.39. The highest BCUT2D eigenvalue weighted by molar-refractivity contribution is 7.87. The number of hydrogen-bond donors (Lipinski definition) is 1. The van der Waals surface area contributed by atoms with Crippen LogP contribution in [0.2, 0.25) is 5.02 Å². The van der Waals surface area contributed by atoms with E-state index in [4.69, 9.17) is 16.6 Å². The summed E-state index contributed by atoms with van der Waals surface area (Å²) < 4.78 is 73.5. The summed E-state index contributed by atoms with van der Waals surface area (Å²) >= 11 is 7.87. The maximum absolute atomic E-state index is 14.0. The van der Waals surface area contributed by atoms with Crippen LogP contribution in [0.3, 0.4) is 0 Å². The number of piperidine rings is 1. The Morgan fingerprint density at radius 3 is 2.69 bits per heavy atom. The van der Waals surface area contributed by atoms with Crippen molar-refractivity contribution in [3.8, 4) is 0 Å². The molecular formula is C27H29ClF3N7O2S2. The number of aromatic nitrogens is 3. The summed E-state index contributed by atoms with van der Waals surface area (Å²) in [5, 5.41) is 6.64. The minimum absolute atomic E-state index is 0.115. The number of thiazole rings is 1. The van der Waals surface area contributed by atoms with Gasteiger partial charge >= 0.3 is 6.55 Å². The normalized spacial score (nSPS) is 23.0. The van der Waals surface area contributed by atoms with Gasteiger partial charge in [0, 0.05) is 70.7 Å². The van der Waals surface area contributed by atoms with Crippen molar-refractivity contribution in [2.45, 2.75) is 63.7 Å². The second kappa shape index (κ2) is 11.1. The van der Waals surface area contributed by atoms with E-state index in [1.165, 1.54) is 46.1 Å². The fourth-order valence-corrected chi connectivity index (χ4v) is 8.72. The number of aliphatic imine (C=N–C) groups is 1. The zero-order chi connectivity index (χ0) is 29.8. The molecule has 0 unspecified atom stereocenters. The van der Waals surface area contributed by atoms with Crippen LogP contribution in [0.15, 0.2) is 52.7 Å². The molecule has 15 heteroatoms. The highest BCUT2D eigenvalue weighted by atomic mass is 35.5. The van der Waals surface area contributed by atoms with Crippen LogP contribution in [0.25, 0.3) is 5.57 Å². The zero-order valence-corrected chi connectivity index (χ0v) is 25.2. The molecule has 0 spiro atoms. The Morgan fingerprint density at radius 1 is 1.21 bits per heavy atom. The zero-order valence-electron chi connectivity index (χ0n) is 22.8. The smallest absolute Gasteiger partial charge is 0.326 e. The first kappa shape index (κ1) is 29.3. The molecule has 2 aromatic heterocycles. The molecule has 2 atom stereocenters. The molecule has 2 saturated heterocycles. The Morgan fingerprint density at radius 2 is 2.02 bits per heavy atom. The fourth-order valence-electron chi connectivity index (χ4n) is 5.99. The molecule has 0 bridgehead atoms. The Balaban J connectivity index is 1.46. The maximum atomic E-state index is 14.0. The van der Waals surface area contributed by atoms with E-state index in [1.54, 1.807) is 11.6 Å². The van der Waals surface area contributed by atoms with E-state index in [-0.39, 0.29) is 23.7 Å². The van der Waals surface area contributed by atoms with Gasteiger partial charge in [-0.2, -0.15) is 31.3 Å². The van der Waals surface area contributed by atoms with Crippen LogP contribution in [0.1, 0.15) is 68.4 Å². The second-order valence-electron chi connectivity index (χ2n) is 11.2. The van der Waals surface area contributed by atoms with Crippen molar-refractivity contribution in [1.82, 2.24) is 28.7 Å². The number of nitrogens with one attached hydrogen (secondary N) is 1. The van der Waals surface area contributed by atoms with Gasteiger partial charge in [-0.05, 0) is 44.9 Å². The molecule has 3 aromatic rings. The van der Waals surface area contributed by atoms with Gasteiger partial charge in [-0.15, -0.1) is 11.3 Å². The summed E-state index contributed by atoms with van der Waals surface area (Å²) in [6.45, 7) is 1.65. The number of fused-ring (bicyclic) bond motifs is 1. The number of nitrogens with zero attached hydrogens (tertiary/aromatic N) is 6. The molecule has 9 nitrogen and oxygen atoms in total. The standard InChI is InChI=1S/C27H29ClF3N7O2S2/c1-27(2)8-3-4-10-38(27)42(39,40)35-17-14-21-22(20-7-11-37(34-20)26(30)31)23(18-6-5-16(29)13-19(18)28)33-24(36(21)15-17)25-32-9-12-41-25/h5-7,9,11-13,17,23,26,35H,3-4,8,10,14-15H2,1-2H3/t17-,23-/m0/s1. The van der Waals surface area contributed by atoms with Crippen molar-refractivity contribution >= 4 is 44.6 Å². The minimum atomic E-state index is -3.86. The SMILES string of the molecule is CC1(C)CCCCN1S(=O)(=O)N[C@H]1CC2=C(c3ccn(C(F)F)n3)[C@H](c3ccc(F)cc3Cl)N=C(c3nccs3)N2C1. The predicted octanol–water partition coefficient (Wildman–Crippen LogP) is 5.61. The van der Waals surface area contributed by atoms with Crippen molar-refractivity contribution in [3.63, 3.8) is 0 Å². The number of alkyl halides is 2. The summed E-state index contributed by atoms with van der Waals surface area (Å²) in [5.74, 6) is -0.0418. The molecule has 224 valence electrons. The van der Waals surface area contributed by atoms with Crippen molar-refractivity contribution in [2.24, 2.45) is 4.99 Å². The summed E-state index contributed by atoms with van der Waals surface area (Å²) in [6.07, 6.45) is 5.55. The van der Waals surface area contributed by atoms with E-state index in [0.717, 1.165) is 19.3 Å². The quantitative estimate of drug-likeness (QED) is 0.363. The number of benzene rings is 1. The van der Waals surface area contributed by atoms with Crippen LogP contribution in [0.4, 0.5) is 13.2 Å². The number of rotatable bonds is 7. The van der Waals surface area contributed by atoms with Crippen LogP contribution in [0.5, 0.6) is 0 Å². The highest BCUT2D eigenvalue weighted by Crippen LogP contribution is 2.46. The van der Waals surface area contributed by atoms with Gasteiger partial charge in [0.05, 0.1) is 5.69 Å². The Hall–Kier alpha value is -2.78. The van der Waals surface area contributed by atoms with Crippen molar-refractivity contribution in [3.05, 3.63) is 74.8 Å². The van der Waals surface area contributed by atoms with E-state index >= 15 is 0 Å². The van der Waals surface area contributed by atoms with E-state index in [9.17, 15) is 21.6 Å². The molecule has 3 aliphatic rings. The summed E-state index contributed by atoms with van der Waals surface area (Å²) in [4.78, 5) is 11.3. The molecule has 3 aliphatic heterocycles. The topological polar surface area (TPSA) is 95.7 Å². The Kier molecular flexibility index (Phi) is 7.71. The average Bonchev–Trinajstić information content (AvgIpc) is 3.68. The van der Waals surface area contributed by atoms with Crippen molar-refractivity contribution in [2.75, 3.05) is 13.1 Å². The molecule has 1 aromatic carbocycles. The van der Waals surface area contributed by atoms with Gasteiger partial charge in [-0.3, -0.25) is 4.99 Å². The highest BCUT2D eigenvalue weighted by Gasteiger charge is 2.44. The van der Waals surface area contributed by atoms with Gasteiger partial charge in [0.15, 0.2) is 10.8 Å². The molecule has 0 aliphatic carbocycles. The van der Waals surface area contributed by atoms with Gasteiger partial charge in [-0.1, -0.05) is 24.1 Å². The number of amidine groups is 1. The lowest BCUT2D eigenvalue weighted by atomic mass is 9.92. The predicted molar refractivity (Wildman–Crippen MR) is 155 cm³/mol. The molecular weight excluding hydrogens is 611 g/mol. The van der Waals surface area contributed by atoms with Crippen molar-refractivity contribution in [1.29, 1.82) is 0 Å². The maximum Gasteiger partial charge on any atom is 0.333 e. The van der Waals surface area contributed by atoms with Gasteiger partial charge in [0.1, 0.15) is 11.9 Å². The third-order valence-electron chi connectivity index (χ3n) is 7.91. The third-order valence-corrected chi connectivity index (χ3v) is 10.9. The van der Waals surface area contributed by atoms with E-state index in [2.05, 4.69) is 14.8 Å². The van der Waals surface area contributed by atoms with Gasteiger partial charge in [0.25, 0.3) is 10.2 Å². The average molecular weight is 640 g/mol. The van der Waals surface area contributed by atoms with Gasteiger partial charge in [-0.25, -0.2) is 14.1 Å². The molecule has 5 heterocycles. The molecule has 0 amide bonds. The second-order valence-corrected chi connectivity index (χ2v) is 14.1. The molecule has 42 heavy (non-hydrogen) atoms. The lowest BCUT2D eigenvalue weighted by molar-refractivity contribution is 0.0564. The number of halogens is 4. The van der Waals surface area contributed by atoms with E-state index in [1.807, 2.05) is 18.7 Å². The van der Waals surface area contributed by atoms with Crippen LogP contribution >= 0.6 is 22.9 Å². The van der Waals surface area contributed by atoms with Gasteiger partial charge < -0.3 is 4.90 Å². The number of hydrogen-bond acceptors (Lipinski definition) is 7. The molecule has 1 N–H and O–H groups in total. The summed E-state index contributed by atoms with van der Waals surface area (Å²) in [6, 6.07) is 4.03.